The van der Waals surface area contributed by atoms with Gasteiger partial charge in [-0.15, -0.1) is 0 Å². The lowest BCUT2D eigenvalue weighted by atomic mass is 10.2. The smallest absolute Gasteiger partial charge is 0.350 e. The molecule has 19 heavy (non-hydrogen) atoms. The lowest BCUT2D eigenvalue weighted by molar-refractivity contribution is -0.138. The molecule has 0 amide bonds. The van der Waals surface area contributed by atoms with Gasteiger partial charge in [-0.1, -0.05) is 0 Å². The summed E-state index contributed by atoms with van der Waals surface area (Å²) in [5.41, 5.74) is -0.479. The van der Waals surface area contributed by atoms with Gasteiger partial charge in [0.2, 0.25) is 0 Å². The normalized spacial score (nSPS) is 10.8. The van der Waals surface area contributed by atoms with Gasteiger partial charge in [0, 0.05) is 11.8 Å². The Kier molecular flexibility index (Phi) is 5.01. The highest BCUT2D eigenvalue weighted by molar-refractivity contribution is 5.93. The van der Waals surface area contributed by atoms with Crippen molar-refractivity contribution in [3.8, 4) is 6.07 Å². The number of halogens is 2. The van der Waals surface area contributed by atoms with Crippen LogP contribution in [0.1, 0.15) is 12.5 Å². The lowest BCUT2D eigenvalue weighted by Crippen LogP contribution is -2.08. The Morgan fingerprint density at radius 3 is 2.79 bits per heavy atom. The Morgan fingerprint density at radius 1 is 1.53 bits per heavy atom. The van der Waals surface area contributed by atoms with Crippen LogP contribution in [0.5, 0.6) is 0 Å². The number of carbonyl (C=O) groups is 1. The monoisotopic (exact) mass is 266 g/mol. The van der Waals surface area contributed by atoms with E-state index < -0.39 is 17.6 Å². The molecule has 0 fully saturated rings. The number of anilines is 1. The number of rotatable bonds is 4. The van der Waals surface area contributed by atoms with Crippen molar-refractivity contribution in [3.05, 3.63) is 41.1 Å². The van der Waals surface area contributed by atoms with Crippen LogP contribution in [-0.2, 0) is 9.53 Å². The van der Waals surface area contributed by atoms with Gasteiger partial charge in [0.15, 0.2) is 11.4 Å². The second-order valence-corrected chi connectivity index (χ2v) is 3.57. The van der Waals surface area contributed by atoms with Crippen molar-refractivity contribution in [2.75, 3.05) is 11.9 Å². The summed E-state index contributed by atoms with van der Waals surface area (Å²) >= 11 is 0. The molecule has 0 aliphatic carbocycles. The number of hydrogen-bond donors (Lipinski definition) is 1. The molecule has 0 saturated carbocycles. The molecule has 0 aliphatic rings. The number of esters is 1. The summed E-state index contributed by atoms with van der Waals surface area (Å²) in [6.45, 7) is 3.02. The van der Waals surface area contributed by atoms with Gasteiger partial charge < -0.3 is 10.1 Å². The van der Waals surface area contributed by atoms with E-state index in [1.807, 2.05) is 0 Å². The molecule has 1 aromatic rings. The van der Waals surface area contributed by atoms with E-state index in [0.29, 0.717) is 0 Å². The highest BCUT2D eigenvalue weighted by Gasteiger charge is 2.12. The molecular formula is C13H12F2N2O2. The third-order valence-electron chi connectivity index (χ3n) is 2.31. The van der Waals surface area contributed by atoms with E-state index in [0.717, 1.165) is 12.3 Å². The van der Waals surface area contributed by atoms with Crippen LogP contribution in [0, 0.1) is 29.9 Å². The second-order valence-electron chi connectivity index (χ2n) is 3.57. The average Bonchev–Trinajstić information content (AvgIpc) is 2.39. The van der Waals surface area contributed by atoms with E-state index in [-0.39, 0.29) is 23.4 Å². The maximum Gasteiger partial charge on any atom is 0.350 e. The molecular weight excluding hydrogens is 254 g/mol. The summed E-state index contributed by atoms with van der Waals surface area (Å²) < 4.78 is 31.3. The number of nitriles is 1. The van der Waals surface area contributed by atoms with E-state index in [1.54, 1.807) is 13.0 Å². The maximum atomic E-state index is 13.6. The number of ether oxygens (including phenoxy) is 1. The summed E-state index contributed by atoms with van der Waals surface area (Å²) in [7, 11) is 0. The zero-order valence-electron chi connectivity index (χ0n) is 10.5. The first-order chi connectivity index (χ1) is 9.01. The Morgan fingerprint density at radius 2 is 2.21 bits per heavy atom. The van der Waals surface area contributed by atoms with E-state index in [1.165, 1.54) is 13.0 Å². The molecule has 6 heteroatoms. The fourth-order valence-electron chi connectivity index (χ4n) is 1.27. The Labute approximate surface area is 109 Å². The molecule has 0 aromatic heterocycles. The fraction of sp³-hybridized carbons (Fsp3) is 0.231. The molecule has 1 aromatic carbocycles. The van der Waals surface area contributed by atoms with Crippen molar-refractivity contribution in [2.45, 2.75) is 13.8 Å². The van der Waals surface area contributed by atoms with Gasteiger partial charge in [-0.2, -0.15) is 5.26 Å². The molecule has 1 N–H and O–H groups in total. The Bertz CT molecular complexity index is 562. The molecule has 0 unspecified atom stereocenters. The second kappa shape index (κ2) is 6.50. The highest BCUT2D eigenvalue weighted by Crippen LogP contribution is 2.20. The van der Waals surface area contributed by atoms with Crippen LogP contribution >= 0.6 is 0 Å². The summed E-state index contributed by atoms with van der Waals surface area (Å²) in [5.74, 6) is -2.26. The molecule has 1 rings (SSSR count). The van der Waals surface area contributed by atoms with Crippen LogP contribution in [0.15, 0.2) is 23.9 Å². The number of carbonyl (C=O) groups excluding carboxylic acids is 1. The number of nitrogens with one attached hydrogen (secondary N) is 1. The van der Waals surface area contributed by atoms with Crippen molar-refractivity contribution in [2.24, 2.45) is 0 Å². The van der Waals surface area contributed by atoms with Gasteiger partial charge in [0.05, 0.1) is 12.3 Å². The molecule has 0 heterocycles. The number of benzene rings is 1. The standard InChI is InChI=1S/C13H12F2N2O2/c1-3-19-13(18)9(6-16)7-17-11-5-4-10(14)8(2)12(11)15/h4-5,7,17H,3H2,1-2H3/b9-7-. The van der Waals surface area contributed by atoms with Gasteiger partial charge in [-0.05, 0) is 26.0 Å². The molecule has 0 aliphatic heterocycles. The lowest BCUT2D eigenvalue weighted by Gasteiger charge is -2.06. The first-order valence-electron chi connectivity index (χ1n) is 5.49. The van der Waals surface area contributed by atoms with Gasteiger partial charge in [0.1, 0.15) is 11.9 Å². The van der Waals surface area contributed by atoms with E-state index in [2.05, 4.69) is 10.1 Å². The van der Waals surface area contributed by atoms with E-state index in [4.69, 9.17) is 5.26 Å². The first kappa shape index (κ1) is 14.6. The van der Waals surface area contributed by atoms with Crippen molar-refractivity contribution in [1.29, 1.82) is 5.26 Å². The molecule has 0 spiro atoms. The average molecular weight is 266 g/mol. The van der Waals surface area contributed by atoms with Crippen LogP contribution in [0.4, 0.5) is 14.5 Å². The van der Waals surface area contributed by atoms with Crippen LogP contribution in [0.3, 0.4) is 0 Å². The van der Waals surface area contributed by atoms with E-state index >= 15 is 0 Å². The quantitative estimate of drug-likeness (QED) is 0.517. The summed E-state index contributed by atoms with van der Waals surface area (Å²) in [6.07, 6.45) is 1.02. The molecule has 4 nitrogen and oxygen atoms in total. The van der Waals surface area contributed by atoms with Crippen molar-refractivity contribution in [1.82, 2.24) is 0 Å². The minimum absolute atomic E-state index is 0.0315. The SMILES string of the molecule is CCOC(=O)/C(C#N)=C\Nc1ccc(F)c(C)c1F. The third kappa shape index (κ3) is 3.52. The number of hydrogen-bond acceptors (Lipinski definition) is 4. The number of nitrogens with zero attached hydrogens (tertiary/aromatic N) is 1. The highest BCUT2D eigenvalue weighted by atomic mass is 19.1. The first-order valence-corrected chi connectivity index (χ1v) is 5.49. The molecule has 0 saturated heterocycles. The molecule has 100 valence electrons. The van der Waals surface area contributed by atoms with Crippen LogP contribution in [0.2, 0.25) is 0 Å². The van der Waals surface area contributed by atoms with Gasteiger partial charge in [-0.3, -0.25) is 0 Å². The molecule has 0 atom stereocenters. The predicted molar refractivity (Wildman–Crippen MR) is 65.0 cm³/mol. The Balaban J connectivity index is 2.94. The van der Waals surface area contributed by atoms with Crippen molar-refractivity contribution < 1.29 is 18.3 Å². The topological polar surface area (TPSA) is 62.1 Å². The summed E-state index contributed by atoms with van der Waals surface area (Å²) in [4.78, 5) is 11.3. The zero-order chi connectivity index (χ0) is 14.4. The van der Waals surface area contributed by atoms with Gasteiger partial charge >= 0.3 is 5.97 Å². The zero-order valence-corrected chi connectivity index (χ0v) is 10.5. The van der Waals surface area contributed by atoms with Crippen LogP contribution in [0.25, 0.3) is 0 Å². The minimum Gasteiger partial charge on any atom is -0.462 e. The summed E-state index contributed by atoms with van der Waals surface area (Å²) in [5, 5.41) is 11.2. The molecule has 0 radical (unpaired) electrons. The van der Waals surface area contributed by atoms with E-state index in [9.17, 15) is 13.6 Å². The van der Waals surface area contributed by atoms with Crippen LogP contribution < -0.4 is 5.32 Å². The summed E-state index contributed by atoms with van der Waals surface area (Å²) in [6, 6.07) is 3.89. The van der Waals surface area contributed by atoms with Crippen molar-refractivity contribution >= 4 is 11.7 Å². The Hall–Kier alpha value is -2.42. The predicted octanol–water partition coefficient (Wildman–Crippen LogP) is 2.66. The largest absolute Gasteiger partial charge is 0.462 e. The van der Waals surface area contributed by atoms with Crippen LogP contribution in [-0.4, -0.2) is 12.6 Å². The van der Waals surface area contributed by atoms with Gasteiger partial charge in [-0.25, -0.2) is 13.6 Å². The van der Waals surface area contributed by atoms with Gasteiger partial charge in [0.25, 0.3) is 0 Å². The fourth-order valence-corrected chi connectivity index (χ4v) is 1.27. The third-order valence-corrected chi connectivity index (χ3v) is 2.31. The minimum atomic E-state index is -0.809. The van der Waals surface area contributed by atoms with Crippen molar-refractivity contribution in [3.63, 3.8) is 0 Å². The molecule has 0 bridgehead atoms. The maximum absolute atomic E-state index is 13.6.